The van der Waals surface area contributed by atoms with Crippen molar-refractivity contribution in [2.45, 2.75) is 0 Å². The van der Waals surface area contributed by atoms with Crippen LogP contribution >= 0.6 is 11.6 Å². The first-order valence-electron chi connectivity index (χ1n) is 5.29. The molecule has 0 saturated heterocycles. The van der Waals surface area contributed by atoms with Crippen molar-refractivity contribution in [1.82, 2.24) is 0 Å². The Labute approximate surface area is 110 Å². The van der Waals surface area contributed by atoms with Crippen molar-refractivity contribution >= 4 is 17.6 Å². The lowest BCUT2D eigenvalue weighted by Gasteiger charge is -2.08. The third-order valence-electron chi connectivity index (χ3n) is 2.59. The number of ether oxygens (including phenoxy) is 1. The smallest absolute Gasteiger partial charge is 0.336 e. The van der Waals surface area contributed by atoms with Crippen LogP contribution in [0, 0.1) is 0 Å². The highest BCUT2D eigenvalue weighted by atomic mass is 35.5. The van der Waals surface area contributed by atoms with Gasteiger partial charge in [-0.25, -0.2) is 4.79 Å². The fourth-order valence-corrected chi connectivity index (χ4v) is 1.93. The third kappa shape index (κ3) is 2.46. The number of carboxylic acids is 1. The molecule has 4 heteroatoms. The van der Waals surface area contributed by atoms with Gasteiger partial charge in [-0.3, -0.25) is 0 Å². The molecule has 1 N–H and O–H groups in total. The Bertz CT molecular complexity index is 593. The van der Waals surface area contributed by atoms with Crippen LogP contribution in [0.1, 0.15) is 10.4 Å². The summed E-state index contributed by atoms with van der Waals surface area (Å²) in [4.78, 5) is 11.3. The molecule has 92 valence electrons. The van der Waals surface area contributed by atoms with E-state index < -0.39 is 5.97 Å². The quantitative estimate of drug-likeness (QED) is 0.917. The summed E-state index contributed by atoms with van der Waals surface area (Å²) in [6.45, 7) is 0. The fraction of sp³-hybridized carbons (Fsp3) is 0.0714. The first kappa shape index (κ1) is 12.5. The van der Waals surface area contributed by atoms with Gasteiger partial charge in [0.1, 0.15) is 5.75 Å². The zero-order valence-corrected chi connectivity index (χ0v) is 10.4. The molecule has 0 saturated carbocycles. The molecule has 2 rings (SSSR count). The summed E-state index contributed by atoms with van der Waals surface area (Å²) < 4.78 is 5.03. The topological polar surface area (TPSA) is 46.5 Å². The minimum atomic E-state index is -0.996. The van der Waals surface area contributed by atoms with Gasteiger partial charge in [-0.2, -0.15) is 0 Å². The van der Waals surface area contributed by atoms with Crippen molar-refractivity contribution in [2.24, 2.45) is 0 Å². The average Bonchev–Trinajstić information content (AvgIpc) is 2.38. The van der Waals surface area contributed by atoms with E-state index in [4.69, 9.17) is 16.3 Å². The minimum absolute atomic E-state index is 0.191. The number of benzene rings is 2. The number of rotatable bonds is 3. The third-order valence-corrected chi connectivity index (χ3v) is 2.83. The minimum Gasteiger partial charge on any atom is -0.497 e. The van der Waals surface area contributed by atoms with Crippen LogP contribution in [0.2, 0.25) is 5.02 Å². The van der Waals surface area contributed by atoms with Crippen molar-refractivity contribution in [3.8, 4) is 16.9 Å². The predicted octanol–water partition coefficient (Wildman–Crippen LogP) is 3.71. The SMILES string of the molecule is COc1ccc(-c2cccc(Cl)c2)c(C(=O)O)c1. The summed E-state index contributed by atoms with van der Waals surface area (Å²) in [5.41, 5.74) is 1.57. The molecular weight excluding hydrogens is 252 g/mol. The zero-order chi connectivity index (χ0) is 13.1. The van der Waals surface area contributed by atoms with Crippen LogP contribution < -0.4 is 4.74 Å². The second-order valence-corrected chi connectivity index (χ2v) is 4.16. The van der Waals surface area contributed by atoms with E-state index in [2.05, 4.69) is 0 Å². The van der Waals surface area contributed by atoms with Crippen LogP contribution in [0.25, 0.3) is 11.1 Å². The molecular formula is C14H11ClO3. The van der Waals surface area contributed by atoms with E-state index >= 15 is 0 Å². The first-order chi connectivity index (χ1) is 8.61. The van der Waals surface area contributed by atoms with Gasteiger partial charge in [0.2, 0.25) is 0 Å². The van der Waals surface area contributed by atoms with Crippen molar-refractivity contribution in [1.29, 1.82) is 0 Å². The summed E-state index contributed by atoms with van der Waals surface area (Å²) in [6, 6.07) is 12.0. The van der Waals surface area contributed by atoms with E-state index in [0.717, 1.165) is 5.56 Å². The van der Waals surface area contributed by atoms with Crippen LogP contribution in [0.4, 0.5) is 0 Å². The maximum atomic E-state index is 11.3. The molecule has 0 atom stereocenters. The van der Waals surface area contributed by atoms with Crippen molar-refractivity contribution in [3.63, 3.8) is 0 Å². The summed E-state index contributed by atoms with van der Waals surface area (Å²) in [5.74, 6) is -0.484. The van der Waals surface area contributed by atoms with Crippen LogP contribution in [0.3, 0.4) is 0 Å². The Morgan fingerprint density at radius 3 is 2.61 bits per heavy atom. The molecule has 0 aliphatic carbocycles. The largest absolute Gasteiger partial charge is 0.497 e. The van der Waals surface area contributed by atoms with Crippen LogP contribution in [0.15, 0.2) is 42.5 Å². The maximum absolute atomic E-state index is 11.3. The Balaban J connectivity index is 2.60. The van der Waals surface area contributed by atoms with Crippen LogP contribution in [-0.2, 0) is 0 Å². The number of halogens is 1. The van der Waals surface area contributed by atoms with E-state index in [1.807, 2.05) is 6.07 Å². The molecule has 0 unspecified atom stereocenters. The normalized spacial score (nSPS) is 10.1. The summed E-state index contributed by atoms with van der Waals surface area (Å²) >= 11 is 5.91. The van der Waals surface area contributed by atoms with Crippen molar-refractivity contribution < 1.29 is 14.6 Å². The van der Waals surface area contributed by atoms with Gasteiger partial charge in [0.05, 0.1) is 12.7 Å². The predicted molar refractivity (Wildman–Crippen MR) is 70.4 cm³/mol. The number of carboxylic acid groups (broad SMARTS) is 1. The lowest BCUT2D eigenvalue weighted by atomic mass is 9.99. The van der Waals surface area contributed by atoms with Crippen LogP contribution in [-0.4, -0.2) is 18.2 Å². The van der Waals surface area contributed by atoms with Gasteiger partial charge in [0.15, 0.2) is 0 Å². The molecule has 3 nitrogen and oxygen atoms in total. The zero-order valence-electron chi connectivity index (χ0n) is 9.68. The van der Waals surface area contributed by atoms with Gasteiger partial charge in [0, 0.05) is 5.02 Å². The van der Waals surface area contributed by atoms with Gasteiger partial charge in [-0.05, 0) is 41.5 Å². The standard InChI is InChI=1S/C14H11ClO3/c1-18-11-5-6-12(13(8-11)14(16)17)9-3-2-4-10(15)7-9/h2-8H,1H3,(H,16,17). The Morgan fingerprint density at radius 1 is 1.22 bits per heavy atom. The van der Waals surface area contributed by atoms with Crippen molar-refractivity contribution in [2.75, 3.05) is 7.11 Å². The number of methoxy groups -OCH3 is 1. The van der Waals surface area contributed by atoms with Gasteiger partial charge >= 0.3 is 5.97 Å². The van der Waals surface area contributed by atoms with Gasteiger partial charge in [-0.15, -0.1) is 0 Å². The van der Waals surface area contributed by atoms with Gasteiger partial charge in [-0.1, -0.05) is 23.7 Å². The Kier molecular flexibility index (Phi) is 3.53. The summed E-state index contributed by atoms with van der Waals surface area (Å²) in [5, 5.41) is 9.80. The monoisotopic (exact) mass is 262 g/mol. The summed E-state index contributed by atoms with van der Waals surface area (Å²) in [7, 11) is 1.50. The molecule has 2 aromatic rings. The number of hydrogen-bond donors (Lipinski definition) is 1. The van der Waals surface area contributed by atoms with E-state index in [0.29, 0.717) is 16.3 Å². The van der Waals surface area contributed by atoms with Crippen molar-refractivity contribution in [3.05, 3.63) is 53.1 Å². The van der Waals surface area contributed by atoms with Gasteiger partial charge < -0.3 is 9.84 Å². The van der Waals surface area contributed by atoms with E-state index in [1.165, 1.54) is 13.2 Å². The highest BCUT2D eigenvalue weighted by Gasteiger charge is 2.13. The molecule has 0 spiro atoms. The number of carbonyl (C=O) groups is 1. The van der Waals surface area contributed by atoms with E-state index in [-0.39, 0.29) is 5.56 Å². The number of aromatic carboxylic acids is 1. The molecule has 2 aromatic carbocycles. The molecule has 0 radical (unpaired) electrons. The van der Waals surface area contributed by atoms with E-state index in [9.17, 15) is 9.90 Å². The molecule has 0 aromatic heterocycles. The molecule has 0 heterocycles. The molecule has 0 amide bonds. The molecule has 18 heavy (non-hydrogen) atoms. The second-order valence-electron chi connectivity index (χ2n) is 3.73. The Hall–Kier alpha value is -2.00. The molecule has 0 aliphatic rings. The molecule has 0 fully saturated rings. The fourth-order valence-electron chi connectivity index (χ4n) is 1.74. The van der Waals surface area contributed by atoms with Gasteiger partial charge in [0.25, 0.3) is 0 Å². The highest BCUT2D eigenvalue weighted by molar-refractivity contribution is 6.30. The lowest BCUT2D eigenvalue weighted by molar-refractivity contribution is 0.0697. The maximum Gasteiger partial charge on any atom is 0.336 e. The lowest BCUT2D eigenvalue weighted by Crippen LogP contribution is -2.00. The molecule has 0 bridgehead atoms. The second kappa shape index (κ2) is 5.10. The first-order valence-corrected chi connectivity index (χ1v) is 5.67. The Morgan fingerprint density at radius 2 is 2.00 bits per heavy atom. The van der Waals surface area contributed by atoms with E-state index in [1.54, 1.807) is 30.3 Å². The average molecular weight is 263 g/mol. The summed E-state index contributed by atoms with van der Waals surface area (Å²) in [6.07, 6.45) is 0. The number of hydrogen-bond acceptors (Lipinski definition) is 2. The van der Waals surface area contributed by atoms with Crippen LogP contribution in [0.5, 0.6) is 5.75 Å². The highest BCUT2D eigenvalue weighted by Crippen LogP contribution is 2.29. The molecule has 0 aliphatic heterocycles.